The zero-order valence-corrected chi connectivity index (χ0v) is 14.9. The monoisotopic (exact) mass is 267 g/mol. The molecule has 0 aromatic heterocycles. The number of hydrogen-bond donors (Lipinski definition) is 0. The standard InChI is InChI=1S/C14H28OS.Na/c1-3-4-5-6-7-8-9-10-11-12-13-15-14(2)16;/h3-13H2,1-2H3;. The van der Waals surface area contributed by atoms with Crippen molar-refractivity contribution in [2.45, 2.75) is 78.1 Å². The topological polar surface area (TPSA) is 9.23 Å². The maximum Gasteiger partial charge on any atom is 0.156 e. The second kappa shape index (κ2) is 16.9. The van der Waals surface area contributed by atoms with Gasteiger partial charge in [0.25, 0.3) is 0 Å². The van der Waals surface area contributed by atoms with Crippen LogP contribution in [0.1, 0.15) is 78.1 Å². The van der Waals surface area contributed by atoms with Crippen molar-refractivity contribution in [2.24, 2.45) is 0 Å². The first-order valence-corrected chi connectivity index (χ1v) is 7.31. The van der Waals surface area contributed by atoms with Crippen molar-refractivity contribution in [3.63, 3.8) is 0 Å². The number of hydrogen-bond acceptors (Lipinski definition) is 2. The summed E-state index contributed by atoms with van der Waals surface area (Å²) in [6.07, 6.45) is 13.6. The van der Waals surface area contributed by atoms with Gasteiger partial charge in [0.1, 0.15) is 0 Å². The predicted molar refractivity (Wildman–Crippen MR) is 81.8 cm³/mol. The second-order valence-electron chi connectivity index (χ2n) is 4.52. The van der Waals surface area contributed by atoms with Crippen LogP contribution in [0.2, 0.25) is 0 Å². The van der Waals surface area contributed by atoms with E-state index in [0.717, 1.165) is 13.0 Å². The van der Waals surface area contributed by atoms with E-state index in [1.807, 2.05) is 6.92 Å². The minimum atomic E-state index is 0. The first kappa shape index (κ1) is 20.2. The summed E-state index contributed by atoms with van der Waals surface area (Å²) in [4.78, 5) is 0. The van der Waals surface area contributed by atoms with Gasteiger partial charge in [0.15, 0.2) is 5.05 Å². The SMILES string of the molecule is CCCCCCCCCCCCOC(C)=S.[Na]. The Balaban J connectivity index is 0. The molecular weight excluding hydrogens is 239 g/mol. The van der Waals surface area contributed by atoms with Crippen LogP contribution < -0.4 is 0 Å². The van der Waals surface area contributed by atoms with Gasteiger partial charge >= 0.3 is 0 Å². The third-order valence-corrected chi connectivity index (χ3v) is 2.92. The maximum atomic E-state index is 5.25. The van der Waals surface area contributed by atoms with E-state index in [-0.39, 0.29) is 29.6 Å². The molecule has 0 spiro atoms. The molecule has 0 rings (SSSR count). The smallest absolute Gasteiger partial charge is 0.156 e. The molecular formula is C14H28NaOS. The van der Waals surface area contributed by atoms with Gasteiger partial charge in [-0.1, -0.05) is 64.7 Å². The molecule has 0 fully saturated rings. The Morgan fingerprint density at radius 3 is 1.65 bits per heavy atom. The Hall–Kier alpha value is 0.890. The number of unbranched alkanes of at least 4 members (excludes halogenated alkanes) is 9. The van der Waals surface area contributed by atoms with E-state index in [9.17, 15) is 0 Å². The minimum Gasteiger partial charge on any atom is -0.487 e. The molecule has 3 heteroatoms. The van der Waals surface area contributed by atoms with Gasteiger partial charge in [0.2, 0.25) is 0 Å². The maximum absolute atomic E-state index is 5.25. The molecule has 0 aliphatic heterocycles. The van der Waals surface area contributed by atoms with Crippen LogP contribution in [0.4, 0.5) is 0 Å². The van der Waals surface area contributed by atoms with Crippen LogP contribution in [-0.2, 0) is 4.74 Å². The van der Waals surface area contributed by atoms with Crippen molar-refractivity contribution in [3.05, 3.63) is 0 Å². The summed E-state index contributed by atoms with van der Waals surface area (Å²) in [5.41, 5.74) is 0. The average Bonchev–Trinajstić information content (AvgIpc) is 2.25. The van der Waals surface area contributed by atoms with E-state index in [1.165, 1.54) is 57.8 Å². The van der Waals surface area contributed by atoms with Crippen molar-refractivity contribution >= 4 is 46.8 Å². The van der Waals surface area contributed by atoms with Crippen LogP contribution in [0.15, 0.2) is 0 Å². The molecule has 0 atom stereocenters. The number of thiocarbonyl (C=S) groups is 1. The molecule has 0 N–H and O–H groups in total. The van der Waals surface area contributed by atoms with Crippen LogP contribution in [0.5, 0.6) is 0 Å². The molecule has 0 bridgehead atoms. The third-order valence-electron chi connectivity index (χ3n) is 2.80. The van der Waals surface area contributed by atoms with Crippen molar-refractivity contribution < 1.29 is 4.74 Å². The van der Waals surface area contributed by atoms with E-state index >= 15 is 0 Å². The first-order chi connectivity index (χ1) is 7.77. The van der Waals surface area contributed by atoms with Gasteiger partial charge in [0.05, 0.1) is 6.61 Å². The van der Waals surface area contributed by atoms with Gasteiger partial charge in [-0.2, -0.15) is 0 Å². The van der Waals surface area contributed by atoms with E-state index < -0.39 is 0 Å². The molecule has 0 heterocycles. The molecule has 97 valence electrons. The van der Waals surface area contributed by atoms with E-state index in [4.69, 9.17) is 17.0 Å². The molecule has 0 aromatic carbocycles. The molecule has 1 radical (unpaired) electrons. The molecule has 17 heavy (non-hydrogen) atoms. The van der Waals surface area contributed by atoms with E-state index in [0.29, 0.717) is 5.05 Å². The summed E-state index contributed by atoms with van der Waals surface area (Å²) in [5, 5.41) is 0.677. The molecule has 0 amide bonds. The Bertz CT molecular complexity index is 162. The minimum absolute atomic E-state index is 0. The zero-order valence-electron chi connectivity index (χ0n) is 12.1. The number of ether oxygens (including phenoxy) is 1. The average molecular weight is 267 g/mol. The molecule has 0 aliphatic rings. The summed E-state index contributed by atoms with van der Waals surface area (Å²) in [6.45, 7) is 4.92. The summed E-state index contributed by atoms with van der Waals surface area (Å²) < 4.78 is 5.25. The van der Waals surface area contributed by atoms with Crippen LogP contribution in [0.25, 0.3) is 0 Å². The molecule has 0 saturated carbocycles. The van der Waals surface area contributed by atoms with Crippen molar-refractivity contribution in [3.8, 4) is 0 Å². The molecule has 0 saturated heterocycles. The third kappa shape index (κ3) is 19.4. The van der Waals surface area contributed by atoms with Crippen molar-refractivity contribution in [2.75, 3.05) is 6.61 Å². The largest absolute Gasteiger partial charge is 0.487 e. The number of rotatable bonds is 11. The fourth-order valence-electron chi connectivity index (χ4n) is 1.81. The van der Waals surface area contributed by atoms with Gasteiger partial charge in [-0.15, -0.1) is 0 Å². The van der Waals surface area contributed by atoms with Gasteiger partial charge in [0, 0.05) is 36.5 Å². The van der Waals surface area contributed by atoms with Gasteiger partial charge < -0.3 is 4.74 Å². The van der Waals surface area contributed by atoms with Crippen LogP contribution in [0, 0.1) is 0 Å². The summed E-state index contributed by atoms with van der Waals surface area (Å²) in [6, 6.07) is 0. The Morgan fingerprint density at radius 1 is 0.824 bits per heavy atom. The molecule has 0 aromatic rings. The summed E-state index contributed by atoms with van der Waals surface area (Å²) in [7, 11) is 0. The predicted octanol–water partition coefficient (Wildman–Crippen LogP) is 4.89. The first-order valence-electron chi connectivity index (χ1n) is 6.90. The quantitative estimate of drug-likeness (QED) is 0.299. The Kier molecular flexibility index (Phi) is 20.1. The Labute approximate surface area is 135 Å². The molecule has 0 unspecified atom stereocenters. The van der Waals surface area contributed by atoms with E-state index in [2.05, 4.69) is 6.92 Å². The normalized spacial score (nSPS) is 9.76. The van der Waals surface area contributed by atoms with Gasteiger partial charge in [-0.3, -0.25) is 0 Å². The Morgan fingerprint density at radius 2 is 1.24 bits per heavy atom. The van der Waals surface area contributed by atoms with Crippen LogP contribution in [0.3, 0.4) is 0 Å². The fraction of sp³-hybridized carbons (Fsp3) is 0.929. The van der Waals surface area contributed by atoms with E-state index in [1.54, 1.807) is 0 Å². The molecule has 0 aliphatic carbocycles. The van der Waals surface area contributed by atoms with Crippen LogP contribution >= 0.6 is 12.2 Å². The zero-order chi connectivity index (χ0) is 12.1. The summed E-state index contributed by atoms with van der Waals surface area (Å²) in [5.74, 6) is 0. The van der Waals surface area contributed by atoms with Gasteiger partial charge in [-0.25, -0.2) is 0 Å². The van der Waals surface area contributed by atoms with Gasteiger partial charge in [-0.05, 0) is 18.6 Å². The van der Waals surface area contributed by atoms with Crippen LogP contribution in [-0.4, -0.2) is 41.2 Å². The summed E-state index contributed by atoms with van der Waals surface area (Å²) >= 11 is 4.84. The van der Waals surface area contributed by atoms with Crippen molar-refractivity contribution in [1.29, 1.82) is 0 Å². The second-order valence-corrected chi connectivity index (χ2v) is 5.10. The molecule has 1 nitrogen and oxygen atoms in total. The van der Waals surface area contributed by atoms with Crippen molar-refractivity contribution in [1.82, 2.24) is 0 Å². The fourth-order valence-corrected chi connectivity index (χ4v) is 1.89.